The molecule has 5 nitrogen and oxygen atoms in total. The zero-order valence-corrected chi connectivity index (χ0v) is 12.9. The fourth-order valence-electron chi connectivity index (χ4n) is 2.33. The summed E-state index contributed by atoms with van der Waals surface area (Å²) in [4.78, 5) is 0. The van der Waals surface area contributed by atoms with E-state index in [9.17, 15) is 0 Å². The van der Waals surface area contributed by atoms with E-state index in [2.05, 4.69) is 16.6 Å². The molecule has 2 rings (SSSR count). The van der Waals surface area contributed by atoms with Crippen LogP contribution in [0.1, 0.15) is 37.4 Å². The third kappa shape index (κ3) is 4.58. The number of nitrogens with two attached hydrogens (primary N) is 1. The lowest BCUT2D eigenvalue weighted by Crippen LogP contribution is -2.28. The number of nitrogens with zero attached hydrogens (tertiary/aromatic N) is 2. The first-order valence-corrected chi connectivity index (χ1v) is 7.28. The fraction of sp³-hybridized carbons (Fsp3) is 0.438. The van der Waals surface area contributed by atoms with Gasteiger partial charge in [0.25, 0.3) is 0 Å². The molecule has 0 saturated heterocycles. The summed E-state index contributed by atoms with van der Waals surface area (Å²) in [5, 5.41) is 4.18. The molecular formula is C16H24N4O. The van der Waals surface area contributed by atoms with Gasteiger partial charge in [-0.3, -0.25) is 16.0 Å². The number of rotatable bonds is 7. The summed E-state index contributed by atoms with van der Waals surface area (Å²) in [6, 6.07) is 8.19. The number of hydrazine groups is 1. The van der Waals surface area contributed by atoms with Gasteiger partial charge in [0.1, 0.15) is 5.75 Å². The Balaban J connectivity index is 2.02. The molecule has 0 bridgehead atoms. The second-order valence-electron chi connectivity index (χ2n) is 5.52. The van der Waals surface area contributed by atoms with Gasteiger partial charge in [-0.25, -0.2) is 0 Å². The summed E-state index contributed by atoms with van der Waals surface area (Å²) in [6.45, 7) is 4.04. The van der Waals surface area contributed by atoms with Crippen molar-refractivity contribution >= 4 is 0 Å². The van der Waals surface area contributed by atoms with Gasteiger partial charge in [0.2, 0.25) is 0 Å². The number of benzene rings is 1. The molecule has 0 spiro atoms. The van der Waals surface area contributed by atoms with Crippen LogP contribution in [0.5, 0.6) is 5.75 Å². The number of hydrogen-bond donors (Lipinski definition) is 2. The highest BCUT2D eigenvalue weighted by Crippen LogP contribution is 2.23. The molecule has 3 N–H and O–H groups in total. The first-order chi connectivity index (χ1) is 10.1. The van der Waals surface area contributed by atoms with E-state index >= 15 is 0 Å². The minimum Gasteiger partial charge on any atom is -0.491 e. The van der Waals surface area contributed by atoms with E-state index in [-0.39, 0.29) is 12.1 Å². The van der Waals surface area contributed by atoms with Crippen LogP contribution in [0, 0.1) is 0 Å². The van der Waals surface area contributed by atoms with Gasteiger partial charge in [-0.15, -0.1) is 0 Å². The predicted octanol–water partition coefficient (Wildman–Crippen LogP) is 2.34. The summed E-state index contributed by atoms with van der Waals surface area (Å²) in [5.74, 6) is 6.59. The van der Waals surface area contributed by atoms with Crippen LogP contribution < -0.4 is 16.0 Å². The number of ether oxygens (including phenoxy) is 1. The Morgan fingerprint density at radius 3 is 2.81 bits per heavy atom. The van der Waals surface area contributed by atoms with Crippen molar-refractivity contribution in [3.8, 4) is 5.75 Å². The third-order valence-corrected chi connectivity index (χ3v) is 3.31. The van der Waals surface area contributed by atoms with Crippen LogP contribution in [0.3, 0.4) is 0 Å². The van der Waals surface area contributed by atoms with Crippen molar-refractivity contribution in [3.05, 3.63) is 47.8 Å². The quantitative estimate of drug-likeness (QED) is 0.606. The molecule has 0 saturated carbocycles. The van der Waals surface area contributed by atoms with Gasteiger partial charge in [-0.1, -0.05) is 12.1 Å². The first kappa shape index (κ1) is 15.5. The Morgan fingerprint density at radius 2 is 2.19 bits per heavy atom. The molecule has 0 amide bonds. The van der Waals surface area contributed by atoms with Gasteiger partial charge < -0.3 is 4.74 Å². The van der Waals surface area contributed by atoms with Crippen LogP contribution in [0.4, 0.5) is 0 Å². The second-order valence-corrected chi connectivity index (χ2v) is 5.52. The Bertz CT molecular complexity index is 565. The van der Waals surface area contributed by atoms with Gasteiger partial charge in [0, 0.05) is 19.3 Å². The van der Waals surface area contributed by atoms with Crippen molar-refractivity contribution in [2.24, 2.45) is 12.9 Å². The molecule has 1 unspecified atom stereocenters. The van der Waals surface area contributed by atoms with Gasteiger partial charge in [-0.2, -0.15) is 5.10 Å². The molecule has 1 aromatic heterocycles. The first-order valence-electron chi connectivity index (χ1n) is 7.28. The van der Waals surface area contributed by atoms with E-state index in [1.54, 1.807) is 0 Å². The molecule has 21 heavy (non-hydrogen) atoms. The minimum absolute atomic E-state index is 0.0981. The van der Waals surface area contributed by atoms with E-state index in [0.29, 0.717) is 0 Å². The van der Waals surface area contributed by atoms with Crippen LogP contribution in [-0.4, -0.2) is 15.9 Å². The fourth-order valence-corrected chi connectivity index (χ4v) is 2.33. The predicted molar refractivity (Wildman–Crippen MR) is 83.8 cm³/mol. The number of aromatic nitrogens is 2. The second kappa shape index (κ2) is 7.24. The highest BCUT2D eigenvalue weighted by molar-refractivity contribution is 5.30. The van der Waals surface area contributed by atoms with Crippen molar-refractivity contribution < 1.29 is 4.74 Å². The minimum atomic E-state index is 0.0981. The number of hydrogen-bond acceptors (Lipinski definition) is 4. The molecule has 1 atom stereocenters. The summed E-state index contributed by atoms with van der Waals surface area (Å²) in [7, 11) is 1.93. The molecule has 0 radical (unpaired) electrons. The molecule has 1 heterocycles. The van der Waals surface area contributed by atoms with Crippen molar-refractivity contribution in [1.82, 2.24) is 15.2 Å². The van der Waals surface area contributed by atoms with E-state index < -0.39 is 0 Å². The van der Waals surface area contributed by atoms with E-state index in [4.69, 9.17) is 10.6 Å². The molecule has 0 aliphatic heterocycles. The Morgan fingerprint density at radius 1 is 1.38 bits per heavy atom. The zero-order chi connectivity index (χ0) is 15.2. The SMILES string of the molecule is CC(C)Oc1cccc(C(CCc2cnn(C)c2)NN)c1. The Hall–Kier alpha value is -1.85. The summed E-state index contributed by atoms with van der Waals surface area (Å²) >= 11 is 0. The molecule has 2 aromatic rings. The van der Waals surface area contributed by atoms with Gasteiger partial charge in [-0.05, 0) is 49.9 Å². The maximum absolute atomic E-state index is 5.73. The van der Waals surface area contributed by atoms with Gasteiger partial charge in [0.15, 0.2) is 0 Å². The summed E-state index contributed by atoms with van der Waals surface area (Å²) < 4.78 is 7.55. The van der Waals surface area contributed by atoms with Crippen LogP contribution in [0.25, 0.3) is 0 Å². The average Bonchev–Trinajstić information content (AvgIpc) is 2.85. The van der Waals surface area contributed by atoms with Crippen molar-refractivity contribution in [1.29, 1.82) is 0 Å². The molecule has 114 valence electrons. The molecule has 1 aromatic carbocycles. The molecule has 0 fully saturated rings. The number of aryl methyl sites for hydroxylation is 2. The monoisotopic (exact) mass is 288 g/mol. The maximum Gasteiger partial charge on any atom is 0.120 e. The Kier molecular flexibility index (Phi) is 5.36. The summed E-state index contributed by atoms with van der Waals surface area (Å²) in [6.07, 6.45) is 5.93. The van der Waals surface area contributed by atoms with Crippen molar-refractivity contribution in [2.75, 3.05) is 0 Å². The largest absolute Gasteiger partial charge is 0.491 e. The highest BCUT2D eigenvalue weighted by Gasteiger charge is 2.11. The van der Waals surface area contributed by atoms with Crippen LogP contribution in [-0.2, 0) is 13.5 Å². The Labute approximate surface area is 126 Å². The standard InChI is InChI=1S/C16H24N4O/c1-12(2)21-15-6-4-5-14(9-15)16(19-17)8-7-13-10-18-20(3)11-13/h4-6,9-12,16,19H,7-8,17H2,1-3H3. The van der Waals surface area contributed by atoms with Crippen molar-refractivity contribution in [3.63, 3.8) is 0 Å². The van der Waals surface area contributed by atoms with Gasteiger partial charge in [0.05, 0.1) is 12.3 Å². The van der Waals surface area contributed by atoms with Crippen LogP contribution in [0.15, 0.2) is 36.7 Å². The molecule has 0 aliphatic carbocycles. The van der Waals surface area contributed by atoms with E-state index in [1.165, 1.54) is 5.56 Å². The zero-order valence-electron chi connectivity index (χ0n) is 12.9. The molecule has 0 aliphatic rings. The summed E-state index contributed by atoms with van der Waals surface area (Å²) in [5.41, 5.74) is 5.25. The molecule has 5 heteroatoms. The molecular weight excluding hydrogens is 264 g/mol. The van der Waals surface area contributed by atoms with Crippen LogP contribution in [0.2, 0.25) is 0 Å². The van der Waals surface area contributed by atoms with E-state index in [1.807, 2.05) is 56.2 Å². The number of nitrogens with one attached hydrogen (secondary N) is 1. The highest BCUT2D eigenvalue weighted by atomic mass is 16.5. The van der Waals surface area contributed by atoms with Gasteiger partial charge >= 0.3 is 0 Å². The smallest absolute Gasteiger partial charge is 0.120 e. The van der Waals surface area contributed by atoms with E-state index in [0.717, 1.165) is 24.2 Å². The average molecular weight is 288 g/mol. The van der Waals surface area contributed by atoms with Crippen LogP contribution >= 0.6 is 0 Å². The van der Waals surface area contributed by atoms with Crippen molar-refractivity contribution in [2.45, 2.75) is 38.8 Å². The normalized spacial score (nSPS) is 12.6. The maximum atomic E-state index is 5.73. The topological polar surface area (TPSA) is 65.1 Å². The lowest BCUT2D eigenvalue weighted by atomic mass is 10.0. The third-order valence-electron chi connectivity index (χ3n) is 3.31. The lowest BCUT2D eigenvalue weighted by molar-refractivity contribution is 0.242. The lowest BCUT2D eigenvalue weighted by Gasteiger charge is -2.18.